The smallest absolute Gasteiger partial charge is 0.254 e. The van der Waals surface area contributed by atoms with Crippen molar-refractivity contribution in [2.75, 3.05) is 24.8 Å². The molecule has 1 saturated carbocycles. The van der Waals surface area contributed by atoms with Gasteiger partial charge in [-0.25, -0.2) is 18.4 Å². The van der Waals surface area contributed by atoms with Crippen molar-refractivity contribution in [3.63, 3.8) is 0 Å². The molecule has 1 aromatic carbocycles. The molecule has 37 heavy (non-hydrogen) atoms. The number of pyridine rings is 1. The van der Waals surface area contributed by atoms with Gasteiger partial charge in [0.1, 0.15) is 5.82 Å². The quantitative estimate of drug-likeness (QED) is 0.383. The number of amides is 2. The van der Waals surface area contributed by atoms with Gasteiger partial charge >= 0.3 is 0 Å². The molecule has 0 saturated heterocycles. The first kappa shape index (κ1) is 26.0. The number of para-hydroxylation sites is 1. The Morgan fingerprint density at radius 3 is 2.41 bits per heavy atom. The number of nitrogens with one attached hydrogen (secondary N) is 3. The van der Waals surface area contributed by atoms with Crippen LogP contribution in [0.2, 0.25) is 0 Å². The van der Waals surface area contributed by atoms with Gasteiger partial charge in [0.25, 0.3) is 5.91 Å². The van der Waals surface area contributed by atoms with E-state index in [9.17, 15) is 18.0 Å². The van der Waals surface area contributed by atoms with E-state index < -0.39 is 15.1 Å². The van der Waals surface area contributed by atoms with Crippen LogP contribution < -0.4 is 20.7 Å². The summed E-state index contributed by atoms with van der Waals surface area (Å²) in [7, 11) is -0.561. The zero-order valence-electron chi connectivity index (χ0n) is 20.9. The molecule has 0 spiro atoms. The molecule has 2 aromatic heterocycles. The van der Waals surface area contributed by atoms with Crippen LogP contribution in [0.1, 0.15) is 37.0 Å². The number of carbonyl (C=O) groups is 2. The summed E-state index contributed by atoms with van der Waals surface area (Å²) in [5.41, 5.74) is 2.15. The first-order valence-electron chi connectivity index (χ1n) is 11.7. The maximum atomic E-state index is 12.5. The van der Waals surface area contributed by atoms with E-state index >= 15 is 0 Å². The summed E-state index contributed by atoms with van der Waals surface area (Å²) in [6.07, 6.45) is 5.70. The second kappa shape index (κ2) is 10.5. The number of carbonyl (C=O) groups excluding carboxylic acids is 2. The molecule has 12 heteroatoms. The summed E-state index contributed by atoms with van der Waals surface area (Å²) in [5.74, 6) is 0.247. The van der Waals surface area contributed by atoms with Gasteiger partial charge in [0.2, 0.25) is 5.91 Å². The van der Waals surface area contributed by atoms with E-state index in [0.717, 1.165) is 12.8 Å². The number of sulfone groups is 1. The van der Waals surface area contributed by atoms with Crippen molar-refractivity contribution in [2.24, 2.45) is 5.92 Å². The lowest BCUT2D eigenvalue weighted by Crippen LogP contribution is -2.20. The Hall–Kier alpha value is -4.06. The van der Waals surface area contributed by atoms with Crippen molar-refractivity contribution in [3.8, 4) is 17.0 Å². The second-order valence-corrected chi connectivity index (χ2v) is 11.3. The summed E-state index contributed by atoms with van der Waals surface area (Å²) < 4.78 is 30.5. The van der Waals surface area contributed by atoms with Crippen molar-refractivity contribution >= 4 is 38.8 Å². The Balaban J connectivity index is 1.70. The van der Waals surface area contributed by atoms with Crippen LogP contribution in [0.15, 0.2) is 47.9 Å². The van der Waals surface area contributed by atoms with Gasteiger partial charge in [-0.3, -0.25) is 14.6 Å². The number of rotatable bonds is 9. The number of aromatic nitrogens is 3. The van der Waals surface area contributed by atoms with Crippen LogP contribution in [-0.4, -0.2) is 54.6 Å². The average Bonchev–Trinajstić information content (AvgIpc) is 3.74. The highest BCUT2D eigenvalue weighted by Crippen LogP contribution is 2.38. The molecule has 11 nitrogen and oxygen atoms in total. The van der Waals surface area contributed by atoms with E-state index in [1.165, 1.54) is 32.7 Å². The first-order valence-corrected chi connectivity index (χ1v) is 13.2. The van der Waals surface area contributed by atoms with Crippen molar-refractivity contribution in [1.29, 1.82) is 0 Å². The molecule has 4 rings (SSSR count). The molecule has 1 fully saturated rings. The molecule has 1 aliphatic rings. The number of hydrogen-bond acceptors (Lipinski definition) is 9. The van der Waals surface area contributed by atoms with E-state index in [1.54, 1.807) is 38.1 Å². The fourth-order valence-corrected chi connectivity index (χ4v) is 4.44. The van der Waals surface area contributed by atoms with Crippen LogP contribution >= 0.6 is 0 Å². The molecule has 3 aromatic rings. The number of ether oxygens (including phenoxy) is 1. The molecule has 194 valence electrons. The molecule has 0 radical (unpaired) electrons. The monoisotopic (exact) mass is 524 g/mol. The highest BCUT2D eigenvalue weighted by atomic mass is 32.2. The molecule has 0 unspecified atom stereocenters. The van der Waals surface area contributed by atoms with Crippen LogP contribution in [0, 0.1) is 5.92 Å². The minimum Gasteiger partial charge on any atom is -0.494 e. The zero-order chi connectivity index (χ0) is 26.7. The first-order chi connectivity index (χ1) is 17.6. The third-order valence-corrected chi connectivity index (χ3v) is 7.91. The van der Waals surface area contributed by atoms with Crippen LogP contribution in [0.4, 0.5) is 17.2 Å². The minimum absolute atomic E-state index is 0.00312. The SMILES string of the molecule is CNC(=O)c1cnc(NC(=O)C2CC2)cc1Nc1cccc(-c2cnc(S(=O)(=O)C(C)C)cn2)c1OC. The molecule has 1 aliphatic carbocycles. The van der Waals surface area contributed by atoms with Crippen molar-refractivity contribution < 1.29 is 22.7 Å². The number of benzene rings is 1. The molecule has 2 heterocycles. The summed E-state index contributed by atoms with van der Waals surface area (Å²) in [4.78, 5) is 37.4. The lowest BCUT2D eigenvalue weighted by atomic mass is 10.1. The number of anilines is 3. The molecule has 0 bridgehead atoms. The van der Waals surface area contributed by atoms with E-state index in [-0.39, 0.29) is 28.3 Å². The van der Waals surface area contributed by atoms with Gasteiger partial charge < -0.3 is 20.7 Å². The summed E-state index contributed by atoms with van der Waals surface area (Å²) in [6.45, 7) is 3.16. The van der Waals surface area contributed by atoms with Crippen molar-refractivity contribution in [3.05, 3.63) is 48.4 Å². The third-order valence-electron chi connectivity index (χ3n) is 5.88. The molecule has 0 aliphatic heterocycles. The summed E-state index contributed by atoms with van der Waals surface area (Å²) in [5, 5.41) is 7.85. The van der Waals surface area contributed by atoms with Gasteiger partial charge in [0.15, 0.2) is 20.6 Å². The standard InChI is InChI=1S/C25H28N6O5S/c1-14(2)37(34,35)22-13-27-20(12-29-22)16-6-5-7-18(23(16)36-4)30-19-10-21(31-24(32)15-8-9-15)28-11-17(19)25(33)26-3/h5-7,10-15H,8-9H2,1-4H3,(H,26,33)(H2,28,30,31,32). The van der Waals surface area contributed by atoms with Crippen molar-refractivity contribution in [1.82, 2.24) is 20.3 Å². The highest BCUT2D eigenvalue weighted by Gasteiger charge is 2.30. The fourth-order valence-electron chi connectivity index (χ4n) is 3.56. The van der Waals surface area contributed by atoms with Gasteiger partial charge in [-0.15, -0.1) is 0 Å². The Kier molecular flexibility index (Phi) is 7.39. The van der Waals surface area contributed by atoms with E-state index in [2.05, 4.69) is 30.9 Å². The topological polar surface area (TPSA) is 152 Å². The number of methoxy groups -OCH3 is 1. The normalized spacial score (nSPS) is 13.2. The van der Waals surface area contributed by atoms with Crippen molar-refractivity contribution in [2.45, 2.75) is 37.0 Å². The molecular weight excluding hydrogens is 496 g/mol. The molecule has 3 N–H and O–H groups in total. The second-order valence-electron chi connectivity index (χ2n) is 8.80. The third kappa shape index (κ3) is 5.53. The fraction of sp³-hybridized carbons (Fsp3) is 0.320. The van der Waals surface area contributed by atoms with Crippen LogP contribution in [0.5, 0.6) is 5.75 Å². The van der Waals surface area contributed by atoms with E-state index in [1.807, 2.05) is 0 Å². The number of nitrogens with zero attached hydrogens (tertiary/aromatic N) is 3. The Labute approximate surface area is 215 Å². The van der Waals surface area contributed by atoms with Gasteiger partial charge in [0, 0.05) is 30.8 Å². The zero-order valence-corrected chi connectivity index (χ0v) is 21.7. The maximum absolute atomic E-state index is 12.5. The number of hydrogen-bond donors (Lipinski definition) is 3. The highest BCUT2D eigenvalue weighted by molar-refractivity contribution is 7.91. The van der Waals surface area contributed by atoms with E-state index in [0.29, 0.717) is 34.2 Å². The lowest BCUT2D eigenvalue weighted by Gasteiger charge is -2.17. The van der Waals surface area contributed by atoms with Crippen LogP contribution in [-0.2, 0) is 14.6 Å². The Morgan fingerprint density at radius 2 is 1.81 bits per heavy atom. The van der Waals surface area contributed by atoms with Gasteiger partial charge in [0.05, 0.1) is 47.4 Å². The van der Waals surface area contributed by atoms with Gasteiger partial charge in [-0.1, -0.05) is 6.07 Å². The minimum atomic E-state index is -3.56. The van der Waals surface area contributed by atoms with E-state index in [4.69, 9.17) is 4.74 Å². The predicted octanol–water partition coefficient (Wildman–Crippen LogP) is 3.18. The van der Waals surface area contributed by atoms with Gasteiger partial charge in [-0.2, -0.15) is 0 Å². The lowest BCUT2D eigenvalue weighted by molar-refractivity contribution is -0.117. The maximum Gasteiger partial charge on any atom is 0.254 e. The predicted molar refractivity (Wildman–Crippen MR) is 139 cm³/mol. The molecular formula is C25H28N6O5S. The molecule has 0 atom stereocenters. The summed E-state index contributed by atoms with van der Waals surface area (Å²) in [6, 6.07) is 6.86. The Morgan fingerprint density at radius 1 is 1.05 bits per heavy atom. The van der Waals surface area contributed by atoms with Crippen LogP contribution in [0.25, 0.3) is 11.3 Å². The summed E-state index contributed by atoms with van der Waals surface area (Å²) >= 11 is 0. The average molecular weight is 525 g/mol. The van der Waals surface area contributed by atoms with Gasteiger partial charge in [-0.05, 0) is 38.8 Å². The van der Waals surface area contributed by atoms with Crippen LogP contribution in [0.3, 0.4) is 0 Å². The largest absolute Gasteiger partial charge is 0.494 e. The molecule has 2 amide bonds. The Bertz CT molecular complexity index is 1440.